The number of nitrogens with one attached hydrogen (secondary N) is 1. The van der Waals surface area contributed by atoms with Gasteiger partial charge >= 0.3 is 0 Å². The van der Waals surface area contributed by atoms with E-state index < -0.39 is 0 Å². The average molecular weight is 256 g/mol. The van der Waals surface area contributed by atoms with Crippen LogP contribution >= 0.6 is 0 Å². The molecule has 0 aromatic heterocycles. The molecule has 1 aliphatic carbocycles. The van der Waals surface area contributed by atoms with Crippen LogP contribution in [0, 0.1) is 0 Å². The lowest BCUT2D eigenvalue weighted by atomic mass is 9.89. The molecule has 4 nitrogen and oxygen atoms in total. The summed E-state index contributed by atoms with van der Waals surface area (Å²) in [7, 11) is 0. The Kier molecular flexibility index (Phi) is 2.87. The van der Waals surface area contributed by atoms with Crippen molar-refractivity contribution >= 4 is 22.4 Å². The minimum Gasteiger partial charge on any atom is -0.398 e. The first-order chi connectivity index (χ1) is 9.13. The zero-order valence-electron chi connectivity index (χ0n) is 10.5. The lowest BCUT2D eigenvalue weighted by molar-refractivity contribution is 0.0563. The maximum Gasteiger partial charge on any atom is 0.253 e. The lowest BCUT2D eigenvalue weighted by Crippen LogP contribution is -2.46. The number of hydrogen-bond donors (Lipinski definition) is 3. The standard InChI is InChI=1S/C15H16N2O2/c16-14-6-10-4-2-1-3-9(10)5-13(14)15(19)17-11-7-12(18)8-11/h1-6,11-12,18H,7-8,16H2,(H,17,19). The van der Waals surface area contributed by atoms with Crippen molar-refractivity contribution in [1.82, 2.24) is 5.32 Å². The first-order valence-corrected chi connectivity index (χ1v) is 6.40. The maximum absolute atomic E-state index is 12.1. The summed E-state index contributed by atoms with van der Waals surface area (Å²) < 4.78 is 0. The minimum atomic E-state index is -0.278. The number of rotatable bonds is 2. The number of nitrogen functional groups attached to an aromatic ring is 1. The Morgan fingerprint density at radius 2 is 1.84 bits per heavy atom. The fourth-order valence-corrected chi connectivity index (χ4v) is 2.42. The number of nitrogens with two attached hydrogens (primary N) is 1. The normalized spacial score (nSPS) is 21.9. The van der Waals surface area contributed by atoms with Gasteiger partial charge in [-0.05, 0) is 35.7 Å². The number of carbonyl (C=O) groups is 1. The minimum absolute atomic E-state index is 0.0633. The van der Waals surface area contributed by atoms with Gasteiger partial charge in [0.15, 0.2) is 0 Å². The van der Waals surface area contributed by atoms with Gasteiger partial charge in [-0.25, -0.2) is 0 Å². The summed E-state index contributed by atoms with van der Waals surface area (Å²) >= 11 is 0. The molecule has 0 spiro atoms. The quantitative estimate of drug-likeness (QED) is 0.715. The summed E-state index contributed by atoms with van der Waals surface area (Å²) in [5, 5.41) is 14.1. The molecule has 4 heteroatoms. The van der Waals surface area contributed by atoms with E-state index >= 15 is 0 Å². The molecule has 1 amide bonds. The van der Waals surface area contributed by atoms with Crippen LogP contribution in [0.25, 0.3) is 10.8 Å². The second kappa shape index (κ2) is 4.55. The van der Waals surface area contributed by atoms with Crippen LogP contribution in [0.2, 0.25) is 0 Å². The fraction of sp³-hybridized carbons (Fsp3) is 0.267. The fourth-order valence-electron chi connectivity index (χ4n) is 2.42. The first kappa shape index (κ1) is 12.0. The van der Waals surface area contributed by atoms with Crippen molar-refractivity contribution in [3.05, 3.63) is 42.0 Å². The van der Waals surface area contributed by atoms with Crippen molar-refractivity contribution in [2.24, 2.45) is 0 Å². The van der Waals surface area contributed by atoms with Gasteiger partial charge in [0.05, 0.1) is 11.7 Å². The Hall–Kier alpha value is -2.07. The van der Waals surface area contributed by atoms with Crippen LogP contribution in [0.5, 0.6) is 0 Å². The third-order valence-electron chi connectivity index (χ3n) is 3.61. The van der Waals surface area contributed by atoms with E-state index in [0.29, 0.717) is 24.1 Å². The van der Waals surface area contributed by atoms with Crippen LogP contribution < -0.4 is 11.1 Å². The molecular weight excluding hydrogens is 240 g/mol. The van der Waals surface area contributed by atoms with Crippen LogP contribution in [0.3, 0.4) is 0 Å². The number of fused-ring (bicyclic) bond motifs is 1. The molecular formula is C15H16N2O2. The van der Waals surface area contributed by atoms with Crippen molar-refractivity contribution in [2.75, 3.05) is 5.73 Å². The highest BCUT2D eigenvalue weighted by Crippen LogP contribution is 2.24. The van der Waals surface area contributed by atoms with Gasteiger partial charge in [-0.3, -0.25) is 4.79 Å². The van der Waals surface area contributed by atoms with Gasteiger partial charge in [0.2, 0.25) is 0 Å². The van der Waals surface area contributed by atoms with E-state index in [9.17, 15) is 9.90 Å². The maximum atomic E-state index is 12.1. The van der Waals surface area contributed by atoms with E-state index in [4.69, 9.17) is 5.73 Å². The third kappa shape index (κ3) is 2.27. The summed E-state index contributed by atoms with van der Waals surface area (Å²) in [4.78, 5) is 12.1. The molecule has 0 saturated heterocycles. The predicted molar refractivity (Wildman–Crippen MR) is 74.9 cm³/mol. The van der Waals surface area contributed by atoms with E-state index in [1.807, 2.05) is 36.4 Å². The second-order valence-corrected chi connectivity index (χ2v) is 5.08. The molecule has 1 aliphatic rings. The van der Waals surface area contributed by atoms with Gasteiger partial charge < -0.3 is 16.2 Å². The van der Waals surface area contributed by atoms with Gasteiger partial charge in [-0.1, -0.05) is 24.3 Å². The Labute approximate surface area is 111 Å². The van der Waals surface area contributed by atoms with Gasteiger partial charge in [-0.2, -0.15) is 0 Å². The molecule has 1 saturated carbocycles. The molecule has 0 aliphatic heterocycles. The lowest BCUT2D eigenvalue weighted by Gasteiger charge is -2.32. The van der Waals surface area contributed by atoms with Crippen molar-refractivity contribution in [1.29, 1.82) is 0 Å². The van der Waals surface area contributed by atoms with E-state index in [1.54, 1.807) is 0 Å². The molecule has 0 heterocycles. The topological polar surface area (TPSA) is 75.4 Å². The predicted octanol–water partition coefficient (Wildman–Crippen LogP) is 1.68. The Balaban J connectivity index is 1.87. The molecule has 3 rings (SSSR count). The summed E-state index contributed by atoms with van der Waals surface area (Å²) in [5.41, 5.74) is 6.92. The number of aliphatic hydroxyl groups is 1. The Morgan fingerprint density at radius 3 is 2.47 bits per heavy atom. The van der Waals surface area contributed by atoms with Crippen LogP contribution in [0.15, 0.2) is 36.4 Å². The van der Waals surface area contributed by atoms with Gasteiger partial charge in [-0.15, -0.1) is 0 Å². The highest BCUT2D eigenvalue weighted by Gasteiger charge is 2.29. The van der Waals surface area contributed by atoms with Crippen LogP contribution in [-0.2, 0) is 0 Å². The zero-order valence-corrected chi connectivity index (χ0v) is 10.5. The number of anilines is 1. The summed E-state index contributed by atoms with van der Waals surface area (Å²) in [6.07, 6.45) is 0.970. The summed E-state index contributed by atoms with van der Waals surface area (Å²) in [6.45, 7) is 0. The number of carbonyl (C=O) groups excluding carboxylic acids is 1. The molecule has 2 aromatic carbocycles. The molecule has 98 valence electrons. The molecule has 4 N–H and O–H groups in total. The van der Waals surface area contributed by atoms with Crippen molar-refractivity contribution < 1.29 is 9.90 Å². The van der Waals surface area contributed by atoms with Crippen LogP contribution in [0.4, 0.5) is 5.69 Å². The monoisotopic (exact) mass is 256 g/mol. The van der Waals surface area contributed by atoms with Crippen molar-refractivity contribution in [3.8, 4) is 0 Å². The summed E-state index contributed by atoms with van der Waals surface area (Å²) in [5.74, 6) is -0.167. The molecule has 2 aromatic rings. The molecule has 0 radical (unpaired) electrons. The summed E-state index contributed by atoms with van der Waals surface area (Å²) in [6, 6.07) is 11.5. The number of benzene rings is 2. The van der Waals surface area contributed by atoms with Crippen molar-refractivity contribution in [2.45, 2.75) is 25.0 Å². The van der Waals surface area contributed by atoms with E-state index in [-0.39, 0.29) is 18.1 Å². The SMILES string of the molecule is Nc1cc2ccccc2cc1C(=O)NC1CC(O)C1. The largest absolute Gasteiger partial charge is 0.398 e. The molecule has 0 atom stereocenters. The number of amides is 1. The Morgan fingerprint density at radius 1 is 1.21 bits per heavy atom. The highest BCUT2D eigenvalue weighted by molar-refractivity contribution is 6.04. The molecule has 1 fully saturated rings. The highest BCUT2D eigenvalue weighted by atomic mass is 16.3. The number of hydrogen-bond acceptors (Lipinski definition) is 3. The van der Waals surface area contributed by atoms with Gasteiger partial charge in [0, 0.05) is 11.7 Å². The van der Waals surface area contributed by atoms with Crippen LogP contribution in [-0.4, -0.2) is 23.2 Å². The van der Waals surface area contributed by atoms with E-state index in [0.717, 1.165) is 10.8 Å². The van der Waals surface area contributed by atoms with E-state index in [1.165, 1.54) is 0 Å². The number of aliphatic hydroxyl groups excluding tert-OH is 1. The zero-order chi connectivity index (χ0) is 13.4. The van der Waals surface area contributed by atoms with E-state index in [2.05, 4.69) is 5.32 Å². The van der Waals surface area contributed by atoms with Crippen LogP contribution in [0.1, 0.15) is 23.2 Å². The van der Waals surface area contributed by atoms with Gasteiger partial charge in [0.1, 0.15) is 0 Å². The smallest absolute Gasteiger partial charge is 0.253 e. The average Bonchev–Trinajstić information content (AvgIpc) is 2.36. The molecule has 19 heavy (non-hydrogen) atoms. The Bertz CT molecular complexity index is 633. The third-order valence-corrected chi connectivity index (χ3v) is 3.61. The molecule has 0 bridgehead atoms. The second-order valence-electron chi connectivity index (χ2n) is 5.08. The molecule has 0 unspecified atom stereocenters. The van der Waals surface area contributed by atoms with Gasteiger partial charge in [0.25, 0.3) is 5.91 Å². The van der Waals surface area contributed by atoms with Crippen molar-refractivity contribution in [3.63, 3.8) is 0 Å². The first-order valence-electron chi connectivity index (χ1n) is 6.40.